The van der Waals surface area contributed by atoms with Crippen LogP contribution in [0, 0.1) is 24.0 Å². The molecule has 22 heavy (non-hydrogen) atoms. The first-order chi connectivity index (χ1) is 10.4. The van der Waals surface area contributed by atoms with Crippen molar-refractivity contribution in [2.75, 3.05) is 7.11 Å². The Morgan fingerprint density at radius 3 is 2.59 bits per heavy atom. The number of methoxy groups -OCH3 is 1. The number of pyridine rings is 1. The summed E-state index contributed by atoms with van der Waals surface area (Å²) in [5.74, 6) is -0.175. The third-order valence-corrected chi connectivity index (χ3v) is 2.97. The highest BCUT2D eigenvalue weighted by Crippen LogP contribution is 2.31. The molecule has 2 rings (SSSR count). The molecule has 0 fully saturated rings. The average Bonchev–Trinajstić information content (AvgIpc) is 2.49. The minimum absolute atomic E-state index is 0.0930. The van der Waals surface area contributed by atoms with Crippen molar-refractivity contribution in [1.29, 1.82) is 0 Å². The van der Waals surface area contributed by atoms with Crippen molar-refractivity contribution in [3.8, 4) is 11.6 Å². The minimum atomic E-state index is -0.548. The van der Waals surface area contributed by atoms with Crippen LogP contribution in [0.15, 0.2) is 30.5 Å². The molecule has 0 saturated heterocycles. The predicted octanol–water partition coefficient (Wildman–Crippen LogP) is 3.19. The van der Waals surface area contributed by atoms with E-state index in [9.17, 15) is 14.9 Å². The van der Waals surface area contributed by atoms with Gasteiger partial charge in [-0.15, -0.1) is 0 Å². The maximum atomic E-state index is 11.5. The first-order valence-corrected chi connectivity index (χ1v) is 6.40. The number of nitrogens with zero attached hydrogens (tertiary/aromatic N) is 2. The van der Waals surface area contributed by atoms with Crippen molar-refractivity contribution in [2.24, 2.45) is 0 Å². The van der Waals surface area contributed by atoms with Gasteiger partial charge in [0.15, 0.2) is 0 Å². The molecule has 0 atom stereocenters. The Morgan fingerprint density at radius 2 is 2.00 bits per heavy atom. The first-order valence-electron chi connectivity index (χ1n) is 6.40. The molecular weight excluding hydrogens is 288 g/mol. The van der Waals surface area contributed by atoms with Crippen LogP contribution in [0.1, 0.15) is 21.5 Å². The zero-order valence-corrected chi connectivity index (χ0v) is 12.3. The number of aryl methyl sites for hydroxylation is 2. The Kier molecular flexibility index (Phi) is 4.36. The number of esters is 1. The molecule has 0 unspecified atom stereocenters. The number of rotatable bonds is 4. The van der Waals surface area contributed by atoms with Crippen LogP contribution in [0.2, 0.25) is 0 Å². The molecule has 0 aliphatic carbocycles. The second kappa shape index (κ2) is 6.21. The van der Waals surface area contributed by atoms with Crippen LogP contribution < -0.4 is 4.74 Å². The van der Waals surface area contributed by atoms with Crippen molar-refractivity contribution in [3.05, 3.63) is 57.3 Å². The molecule has 1 aromatic carbocycles. The average molecular weight is 302 g/mol. The molecule has 0 spiro atoms. The third-order valence-electron chi connectivity index (χ3n) is 2.97. The van der Waals surface area contributed by atoms with Gasteiger partial charge in [-0.1, -0.05) is 0 Å². The molecule has 114 valence electrons. The van der Waals surface area contributed by atoms with Crippen LogP contribution in [-0.4, -0.2) is 23.0 Å². The van der Waals surface area contributed by atoms with Gasteiger partial charge in [-0.3, -0.25) is 10.1 Å². The van der Waals surface area contributed by atoms with E-state index in [4.69, 9.17) is 4.74 Å². The number of hydrogen-bond acceptors (Lipinski definition) is 6. The molecule has 1 heterocycles. The highest BCUT2D eigenvalue weighted by Gasteiger charge is 2.19. The van der Waals surface area contributed by atoms with Gasteiger partial charge in [-0.25, -0.2) is 9.78 Å². The van der Waals surface area contributed by atoms with Crippen LogP contribution in [-0.2, 0) is 4.74 Å². The van der Waals surface area contributed by atoms with Crippen LogP contribution in [0.3, 0.4) is 0 Å². The molecule has 0 saturated carbocycles. The largest absolute Gasteiger partial charge is 0.465 e. The van der Waals surface area contributed by atoms with Gasteiger partial charge in [0.05, 0.1) is 17.6 Å². The number of carbonyl (C=O) groups is 1. The number of hydrogen-bond donors (Lipinski definition) is 0. The van der Waals surface area contributed by atoms with E-state index >= 15 is 0 Å². The molecule has 2 aromatic rings. The van der Waals surface area contributed by atoms with Crippen molar-refractivity contribution < 1.29 is 19.2 Å². The summed E-state index contributed by atoms with van der Waals surface area (Å²) < 4.78 is 10.2. The fourth-order valence-corrected chi connectivity index (χ4v) is 1.86. The SMILES string of the molecule is COC(=O)c1ccc(Oc2ncc(C)cc2[N+](=O)[O-])c(C)c1. The number of benzene rings is 1. The van der Waals surface area contributed by atoms with E-state index in [0.29, 0.717) is 22.4 Å². The van der Waals surface area contributed by atoms with Crippen molar-refractivity contribution in [3.63, 3.8) is 0 Å². The third kappa shape index (κ3) is 3.20. The quantitative estimate of drug-likeness (QED) is 0.489. The maximum Gasteiger partial charge on any atom is 0.337 e. The monoisotopic (exact) mass is 302 g/mol. The second-order valence-corrected chi connectivity index (χ2v) is 4.67. The highest BCUT2D eigenvalue weighted by molar-refractivity contribution is 5.89. The summed E-state index contributed by atoms with van der Waals surface area (Å²) in [6.07, 6.45) is 1.49. The van der Waals surface area contributed by atoms with E-state index < -0.39 is 10.9 Å². The summed E-state index contributed by atoms with van der Waals surface area (Å²) in [7, 11) is 1.29. The van der Waals surface area contributed by atoms with E-state index in [-0.39, 0.29) is 11.6 Å². The topological polar surface area (TPSA) is 91.6 Å². The van der Waals surface area contributed by atoms with Gasteiger partial charge >= 0.3 is 11.7 Å². The summed E-state index contributed by atoms with van der Waals surface area (Å²) in [6.45, 7) is 3.43. The fourth-order valence-electron chi connectivity index (χ4n) is 1.86. The van der Waals surface area contributed by atoms with Crippen LogP contribution in [0.4, 0.5) is 5.69 Å². The van der Waals surface area contributed by atoms with Crippen molar-refractivity contribution in [1.82, 2.24) is 4.98 Å². The molecule has 0 aliphatic heterocycles. The number of nitro groups is 1. The van der Waals surface area contributed by atoms with Gasteiger partial charge in [0.25, 0.3) is 5.88 Å². The Bertz CT molecular complexity index is 743. The lowest BCUT2D eigenvalue weighted by Crippen LogP contribution is -2.02. The normalized spacial score (nSPS) is 10.1. The van der Waals surface area contributed by atoms with Crippen LogP contribution in [0.5, 0.6) is 11.6 Å². The maximum absolute atomic E-state index is 11.5. The Morgan fingerprint density at radius 1 is 1.27 bits per heavy atom. The van der Waals surface area contributed by atoms with Crippen molar-refractivity contribution >= 4 is 11.7 Å². The molecule has 0 aliphatic rings. The molecule has 0 N–H and O–H groups in total. The van der Waals surface area contributed by atoms with E-state index in [0.717, 1.165) is 0 Å². The summed E-state index contributed by atoms with van der Waals surface area (Å²) in [5.41, 5.74) is 1.46. The lowest BCUT2D eigenvalue weighted by atomic mass is 10.1. The number of ether oxygens (including phenoxy) is 2. The second-order valence-electron chi connectivity index (χ2n) is 4.67. The van der Waals surface area contributed by atoms with Gasteiger partial charge in [0.1, 0.15) is 5.75 Å². The minimum Gasteiger partial charge on any atom is -0.465 e. The van der Waals surface area contributed by atoms with Gasteiger partial charge in [-0.05, 0) is 43.2 Å². The summed E-state index contributed by atoms with van der Waals surface area (Å²) in [6, 6.07) is 6.04. The molecule has 0 amide bonds. The van der Waals surface area contributed by atoms with Gasteiger partial charge < -0.3 is 9.47 Å². The molecular formula is C15H14N2O5. The molecule has 1 aromatic heterocycles. The van der Waals surface area contributed by atoms with E-state index in [2.05, 4.69) is 9.72 Å². The number of carbonyl (C=O) groups excluding carboxylic acids is 1. The Balaban J connectivity index is 2.36. The van der Waals surface area contributed by atoms with Gasteiger partial charge in [0, 0.05) is 12.3 Å². The van der Waals surface area contributed by atoms with Crippen LogP contribution in [0.25, 0.3) is 0 Å². The predicted molar refractivity (Wildman–Crippen MR) is 78.2 cm³/mol. The van der Waals surface area contributed by atoms with Gasteiger partial charge in [0.2, 0.25) is 0 Å². The fraction of sp³-hybridized carbons (Fsp3) is 0.200. The van der Waals surface area contributed by atoms with Crippen molar-refractivity contribution in [2.45, 2.75) is 13.8 Å². The van der Waals surface area contributed by atoms with E-state index in [1.165, 1.54) is 25.4 Å². The summed E-state index contributed by atoms with van der Waals surface area (Å²) >= 11 is 0. The van der Waals surface area contributed by atoms with Crippen LogP contribution >= 0.6 is 0 Å². The zero-order valence-electron chi connectivity index (χ0n) is 12.3. The van der Waals surface area contributed by atoms with E-state index in [1.807, 2.05) is 0 Å². The Labute approximate surface area is 126 Å². The molecule has 0 bridgehead atoms. The first kappa shape index (κ1) is 15.4. The zero-order chi connectivity index (χ0) is 16.3. The standard InChI is InChI=1S/C15H14N2O5/c1-9-6-12(17(19)20)14(16-8-9)22-13-5-4-11(7-10(13)2)15(18)21-3/h4-8H,1-3H3. The lowest BCUT2D eigenvalue weighted by molar-refractivity contribution is -0.386. The Hall–Kier alpha value is -2.96. The summed E-state index contributed by atoms with van der Waals surface area (Å²) in [4.78, 5) is 25.9. The molecule has 7 nitrogen and oxygen atoms in total. The lowest BCUT2D eigenvalue weighted by Gasteiger charge is -2.09. The molecule has 7 heteroatoms. The highest BCUT2D eigenvalue weighted by atomic mass is 16.6. The molecule has 0 radical (unpaired) electrons. The number of aromatic nitrogens is 1. The smallest absolute Gasteiger partial charge is 0.337 e. The van der Waals surface area contributed by atoms with E-state index in [1.54, 1.807) is 26.0 Å². The van der Waals surface area contributed by atoms with Gasteiger partial charge in [-0.2, -0.15) is 0 Å². The summed E-state index contributed by atoms with van der Waals surface area (Å²) in [5, 5.41) is 11.1.